The Bertz CT molecular complexity index is 509. The minimum absolute atomic E-state index is 0.119. The van der Waals surface area contributed by atoms with E-state index in [2.05, 4.69) is 0 Å². The Kier molecular flexibility index (Phi) is 4.89. The highest BCUT2D eigenvalue weighted by Gasteiger charge is 2.40. The van der Waals surface area contributed by atoms with E-state index in [1.54, 1.807) is 24.0 Å². The minimum Gasteiger partial charge on any atom is -0.334 e. The van der Waals surface area contributed by atoms with E-state index < -0.39 is 5.54 Å². The summed E-state index contributed by atoms with van der Waals surface area (Å²) in [5.74, 6) is -0.499. The van der Waals surface area contributed by atoms with Crippen molar-refractivity contribution in [2.24, 2.45) is 5.73 Å². The maximum absolute atomic E-state index is 13.9. The summed E-state index contributed by atoms with van der Waals surface area (Å²) in [6.07, 6.45) is 3.33. The summed E-state index contributed by atoms with van der Waals surface area (Å²) in [5.41, 5.74) is 5.61. The van der Waals surface area contributed by atoms with E-state index in [4.69, 9.17) is 17.3 Å². The van der Waals surface area contributed by atoms with Crippen molar-refractivity contribution in [1.82, 2.24) is 4.90 Å². The van der Waals surface area contributed by atoms with Gasteiger partial charge in [0.15, 0.2) is 0 Å². The van der Waals surface area contributed by atoms with Gasteiger partial charge in [-0.3, -0.25) is 4.79 Å². The molecule has 1 amide bonds. The Balaban J connectivity index is 2.22. The number of hydrogen-bond donors (Lipinski definition) is 1. The van der Waals surface area contributed by atoms with Gasteiger partial charge in [0.1, 0.15) is 5.82 Å². The molecule has 0 aliphatic heterocycles. The van der Waals surface area contributed by atoms with E-state index in [-0.39, 0.29) is 24.3 Å². The van der Waals surface area contributed by atoms with Gasteiger partial charge < -0.3 is 10.6 Å². The second-order valence-electron chi connectivity index (χ2n) is 6.03. The summed E-state index contributed by atoms with van der Waals surface area (Å²) in [6.45, 7) is 3.93. The summed E-state index contributed by atoms with van der Waals surface area (Å²) in [7, 11) is 0. The fourth-order valence-corrected chi connectivity index (χ4v) is 2.78. The highest BCUT2D eigenvalue weighted by Crippen LogP contribution is 2.32. The smallest absolute Gasteiger partial charge is 0.242 e. The van der Waals surface area contributed by atoms with E-state index in [0.29, 0.717) is 17.0 Å². The molecule has 1 aromatic carbocycles. The van der Waals surface area contributed by atoms with Crippen molar-refractivity contribution in [3.05, 3.63) is 34.6 Å². The van der Waals surface area contributed by atoms with Gasteiger partial charge >= 0.3 is 0 Å². The van der Waals surface area contributed by atoms with Gasteiger partial charge in [-0.25, -0.2) is 4.39 Å². The summed E-state index contributed by atoms with van der Waals surface area (Å²) < 4.78 is 13.9. The Labute approximate surface area is 130 Å². The number of nitrogens with two attached hydrogens (primary N) is 1. The van der Waals surface area contributed by atoms with Crippen molar-refractivity contribution >= 4 is 17.5 Å². The first-order valence-corrected chi connectivity index (χ1v) is 7.77. The summed E-state index contributed by atoms with van der Waals surface area (Å²) in [4.78, 5) is 14.4. The number of amides is 1. The second kappa shape index (κ2) is 6.32. The molecule has 2 N–H and O–H groups in total. The van der Waals surface area contributed by atoms with Gasteiger partial charge in [-0.2, -0.15) is 0 Å². The van der Waals surface area contributed by atoms with Crippen LogP contribution in [0.5, 0.6) is 0 Å². The Morgan fingerprint density at radius 1 is 1.52 bits per heavy atom. The lowest BCUT2D eigenvalue weighted by Crippen LogP contribution is -2.53. The molecule has 5 heteroatoms. The number of hydrogen-bond acceptors (Lipinski definition) is 2. The van der Waals surface area contributed by atoms with E-state index in [1.165, 1.54) is 6.07 Å². The molecule has 1 aliphatic rings. The van der Waals surface area contributed by atoms with Crippen molar-refractivity contribution in [2.75, 3.05) is 0 Å². The fraction of sp³-hybridized carbons (Fsp3) is 0.562. The molecule has 0 saturated heterocycles. The Morgan fingerprint density at radius 3 is 2.71 bits per heavy atom. The minimum atomic E-state index is -0.908. The number of rotatable bonds is 6. The molecule has 1 saturated carbocycles. The average molecular weight is 313 g/mol. The van der Waals surface area contributed by atoms with Gasteiger partial charge in [-0.1, -0.05) is 31.0 Å². The number of halogens is 2. The molecule has 1 atom stereocenters. The van der Waals surface area contributed by atoms with Gasteiger partial charge in [0, 0.05) is 16.6 Å². The largest absolute Gasteiger partial charge is 0.334 e. The monoisotopic (exact) mass is 312 g/mol. The van der Waals surface area contributed by atoms with Crippen molar-refractivity contribution in [3.8, 4) is 0 Å². The third kappa shape index (κ3) is 3.74. The molecule has 116 valence electrons. The van der Waals surface area contributed by atoms with E-state index in [1.807, 2.05) is 6.92 Å². The molecule has 0 radical (unpaired) electrons. The maximum Gasteiger partial charge on any atom is 0.242 e. The van der Waals surface area contributed by atoms with Crippen LogP contribution in [-0.4, -0.2) is 22.4 Å². The van der Waals surface area contributed by atoms with E-state index in [0.717, 1.165) is 19.3 Å². The lowest BCUT2D eigenvalue weighted by atomic mass is 9.95. The quantitative estimate of drug-likeness (QED) is 0.874. The van der Waals surface area contributed by atoms with Gasteiger partial charge in [-0.15, -0.1) is 0 Å². The lowest BCUT2D eigenvalue weighted by molar-refractivity contribution is -0.138. The number of nitrogens with zero attached hydrogens (tertiary/aromatic N) is 1. The predicted octanol–water partition coefficient (Wildman–Crippen LogP) is 3.49. The molecule has 21 heavy (non-hydrogen) atoms. The number of carbonyl (C=O) groups excluding carboxylic acids is 1. The molecule has 0 spiro atoms. The first kappa shape index (κ1) is 16.2. The zero-order chi connectivity index (χ0) is 15.6. The van der Waals surface area contributed by atoms with Crippen molar-refractivity contribution in [2.45, 2.75) is 57.7 Å². The zero-order valence-corrected chi connectivity index (χ0v) is 13.3. The third-order valence-electron chi connectivity index (χ3n) is 3.90. The standard InChI is InChI=1S/C16H22ClFN2O/c1-3-9-16(2,19)15(21)20(11-7-8-11)10-12-13(17)5-4-6-14(12)18/h4-6,11H,3,7-10,19H2,1-2H3. The number of benzene rings is 1. The molecular formula is C16H22ClFN2O. The topological polar surface area (TPSA) is 46.3 Å². The van der Waals surface area contributed by atoms with Crippen LogP contribution in [0, 0.1) is 5.82 Å². The highest BCUT2D eigenvalue weighted by molar-refractivity contribution is 6.31. The van der Waals surface area contributed by atoms with Gasteiger partial charge in [-0.05, 0) is 38.3 Å². The van der Waals surface area contributed by atoms with Crippen molar-refractivity contribution < 1.29 is 9.18 Å². The summed E-state index contributed by atoms with van der Waals surface area (Å²) in [5, 5.41) is 0.350. The molecule has 2 rings (SSSR count). The van der Waals surface area contributed by atoms with Crippen molar-refractivity contribution in [1.29, 1.82) is 0 Å². The number of carbonyl (C=O) groups is 1. The fourth-order valence-electron chi connectivity index (χ4n) is 2.56. The third-order valence-corrected chi connectivity index (χ3v) is 4.25. The zero-order valence-electron chi connectivity index (χ0n) is 12.5. The van der Waals surface area contributed by atoms with Crippen LogP contribution in [0.2, 0.25) is 5.02 Å². The first-order valence-electron chi connectivity index (χ1n) is 7.39. The summed E-state index contributed by atoms with van der Waals surface area (Å²) in [6, 6.07) is 4.73. The molecular weight excluding hydrogens is 291 g/mol. The molecule has 1 fully saturated rings. The van der Waals surface area contributed by atoms with Gasteiger partial charge in [0.25, 0.3) is 0 Å². The van der Waals surface area contributed by atoms with Crippen LogP contribution in [0.1, 0.15) is 45.1 Å². The van der Waals surface area contributed by atoms with Crippen molar-refractivity contribution in [3.63, 3.8) is 0 Å². The van der Waals surface area contributed by atoms with Crippen LogP contribution in [0.15, 0.2) is 18.2 Å². The normalized spacial score (nSPS) is 17.4. The van der Waals surface area contributed by atoms with E-state index >= 15 is 0 Å². The Morgan fingerprint density at radius 2 is 2.19 bits per heavy atom. The van der Waals surface area contributed by atoms with E-state index in [9.17, 15) is 9.18 Å². The molecule has 0 heterocycles. The molecule has 0 aromatic heterocycles. The van der Waals surface area contributed by atoms with Gasteiger partial charge in [0.05, 0.1) is 12.1 Å². The highest BCUT2D eigenvalue weighted by atomic mass is 35.5. The molecule has 1 aliphatic carbocycles. The van der Waals surface area contributed by atoms with Crippen LogP contribution in [0.3, 0.4) is 0 Å². The molecule has 1 unspecified atom stereocenters. The SMILES string of the molecule is CCCC(C)(N)C(=O)N(Cc1c(F)cccc1Cl)C1CC1. The predicted molar refractivity (Wildman–Crippen MR) is 82.5 cm³/mol. The molecule has 3 nitrogen and oxygen atoms in total. The van der Waals surface area contributed by atoms with Crippen LogP contribution in [0.25, 0.3) is 0 Å². The maximum atomic E-state index is 13.9. The molecule has 1 aromatic rings. The lowest BCUT2D eigenvalue weighted by Gasteiger charge is -2.32. The average Bonchev–Trinajstić information content (AvgIpc) is 3.22. The molecule has 0 bridgehead atoms. The van der Waals surface area contributed by atoms with Crippen LogP contribution in [0.4, 0.5) is 4.39 Å². The summed E-state index contributed by atoms with van der Waals surface area (Å²) >= 11 is 6.07. The van der Waals surface area contributed by atoms with Crippen LogP contribution in [-0.2, 0) is 11.3 Å². The van der Waals surface area contributed by atoms with Gasteiger partial charge in [0.2, 0.25) is 5.91 Å². The van der Waals surface area contributed by atoms with Crippen LogP contribution >= 0.6 is 11.6 Å². The first-order chi connectivity index (χ1) is 9.86. The Hall–Kier alpha value is -1.13. The second-order valence-corrected chi connectivity index (χ2v) is 6.44. The van der Waals surface area contributed by atoms with Crippen LogP contribution < -0.4 is 5.73 Å².